The average molecular weight is 376 g/mol. The van der Waals surface area contributed by atoms with Crippen LogP contribution >= 0.6 is 0 Å². The number of esters is 1. The third kappa shape index (κ3) is 4.71. The Morgan fingerprint density at radius 1 is 0.857 bits per heavy atom. The van der Waals surface area contributed by atoms with Crippen molar-refractivity contribution in [2.45, 2.75) is 0 Å². The van der Waals surface area contributed by atoms with Gasteiger partial charge < -0.3 is 9.47 Å². The van der Waals surface area contributed by atoms with Crippen molar-refractivity contribution in [3.63, 3.8) is 0 Å². The molecule has 3 aromatic carbocycles. The molecule has 0 aliphatic carbocycles. The van der Waals surface area contributed by atoms with Crippen molar-refractivity contribution in [2.75, 3.05) is 7.11 Å². The van der Waals surface area contributed by atoms with E-state index in [0.717, 1.165) is 5.56 Å². The molecule has 0 aliphatic rings. The summed E-state index contributed by atoms with van der Waals surface area (Å²) in [6.45, 7) is 0. The Balaban J connectivity index is 1.65. The van der Waals surface area contributed by atoms with E-state index in [-0.39, 0.29) is 5.78 Å². The predicted molar refractivity (Wildman–Crippen MR) is 104 cm³/mol. The predicted octanol–water partition coefficient (Wildman–Crippen LogP) is 4.68. The highest BCUT2D eigenvalue weighted by Gasteiger charge is 2.10. The van der Waals surface area contributed by atoms with Gasteiger partial charge in [0.05, 0.1) is 7.11 Å². The number of rotatable bonds is 6. The quantitative estimate of drug-likeness (QED) is 0.271. The Morgan fingerprint density at radius 2 is 1.46 bits per heavy atom. The zero-order valence-corrected chi connectivity index (χ0v) is 15.1. The highest BCUT2D eigenvalue weighted by atomic mass is 19.1. The van der Waals surface area contributed by atoms with Crippen LogP contribution in [0.15, 0.2) is 78.9 Å². The summed E-state index contributed by atoms with van der Waals surface area (Å²) >= 11 is 0. The number of ether oxygens (including phenoxy) is 2. The van der Waals surface area contributed by atoms with Crippen LogP contribution in [0, 0.1) is 5.82 Å². The summed E-state index contributed by atoms with van der Waals surface area (Å²) in [4.78, 5) is 24.4. The second-order valence-corrected chi connectivity index (χ2v) is 5.86. The Labute approximate surface area is 161 Å². The molecule has 140 valence electrons. The van der Waals surface area contributed by atoms with Crippen LogP contribution in [-0.2, 0) is 4.79 Å². The van der Waals surface area contributed by atoms with Crippen molar-refractivity contribution in [1.29, 1.82) is 0 Å². The van der Waals surface area contributed by atoms with E-state index < -0.39 is 11.8 Å². The van der Waals surface area contributed by atoms with Crippen molar-refractivity contribution in [3.05, 3.63) is 101 Å². The first-order valence-electron chi connectivity index (χ1n) is 8.50. The van der Waals surface area contributed by atoms with Crippen LogP contribution in [0.25, 0.3) is 6.08 Å². The van der Waals surface area contributed by atoms with E-state index in [9.17, 15) is 14.0 Å². The molecule has 5 heteroatoms. The Kier molecular flexibility index (Phi) is 5.97. The minimum absolute atomic E-state index is 0.242. The number of halogens is 1. The summed E-state index contributed by atoms with van der Waals surface area (Å²) in [7, 11) is 1.56. The van der Waals surface area contributed by atoms with E-state index in [1.54, 1.807) is 31.4 Å². The molecule has 0 fully saturated rings. The molecule has 4 nitrogen and oxygen atoms in total. The Hall–Kier alpha value is -3.73. The minimum atomic E-state index is -0.552. The highest BCUT2D eigenvalue weighted by Crippen LogP contribution is 2.19. The van der Waals surface area contributed by atoms with Crippen molar-refractivity contribution >= 4 is 17.8 Å². The molecule has 0 aromatic heterocycles. The average Bonchev–Trinajstić information content (AvgIpc) is 2.73. The van der Waals surface area contributed by atoms with Gasteiger partial charge in [0.1, 0.15) is 17.3 Å². The lowest BCUT2D eigenvalue weighted by molar-refractivity contribution is -0.128. The number of hydrogen-bond acceptors (Lipinski definition) is 4. The third-order valence-electron chi connectivity index (χ3n) is 3.98. The molecule has 0 radical (unpaired) electrons. The van der Waals surface area contributed by atoms with Gasteiger partial charge in [0.2, 0.25) is 0 Å². The number of benzene rings is 3. The van der Waals surface area contributed by atoms with Crippen molar-refractivity contribution in [2.24, 2.45) is 0 Å². The summed E-state index contributed by atoms with van der Waals surface area (Å²) in [5.41, 5.74) is 1.55. The third-order valence-corrected chi connectivity index (χ3v) is 3.98. The zero-order chi connectivity index (χ0) is 19.9. The number of para-hydroxylation sites is 1. The van der Waals surface area contributed by atoms with Crippen LogP contribution < -0.4 is 9.47 Å². The molecule has 0 aliphatic heterocycles. The van der Waals surface area contributed by atoms with Crippen molar-refractivity contribution < 1.29 is 23.5 Å². The molecule has 0 bridgehead atoms. The fourth-order valence-corrected chi connectivity index (χ4v) is 2.55. The SMILES string of the molecule is COc1ccccc1C=CC(=O)Oc1ccc(C(=O)c2ccc(F)cc2)cc1. The second kappa shape index (κ2) is 8.77. The molecule has 3 rings (SSSR count). The van der Waals surface area contributed by atoms with Gasteiger partial charge in [-0.2, -0.15) is 0 Å². The Bertz CT molecular complexity index is 1010. The van der Waals surface area contributed by atoms with Crippen LogP contribution in [0.3, 0.4) is 0 Å². The number of methoxy groups -OCH3 is 1. The van der Waals surface area contributed by atoms with Gasteiger partial charge in [-0.1, -0.05) is 18.2 Å². The number of carbonyl (C=O) groups is 2. The van der Waals surface area contributed by atoms with Crippen LogP contribution in [0.5, 0.6) is 11.5 Å². The first-order valence-corrected chi connectivity index (χ1v) is 8.50. The summed E-state index contributed by atoms with van der Waals surface area (Å²) < 4.78 is 23.4. The lowest BCUT2D eigenvalue weighted by Crippen LogP contribution is -2.05. The van der Waals surface area contributed by atoms with E-state index in [0.29, 0.717) is 22.6 Å². The summed E-state index contributed by atoms with van der Waals surface area (Å²) in [6.07, 6.45) is 2.91. The van der Waals surface area contributed by atoms with E-state index in [1.165, 1.54) is 42.5 Å². The van der Waals surface area contributed by atoms with Crippen LogP contribution in [0.4, 0.5) is 4.39 Å². The number of hydrogen-bond donors (Lipinski definition) is 0. The van der Waals surface area contributed by atoms with E-state index in [2.05, 4.69) is 0 Å². The van der Waals surface area contributed by atoms with Gasteiger partial charge in [-0.25, -0.2) is 9.18 Å². The smallest absolute Gasteiger partial charge is 0.336 e. The second-order valence-electron chi connectivity index (χ2n) is 5.86. The first kappa shape index (κ1) is 19.0. The maximum atomic E-state index is 13.0. The van der Waals surface area contributed by atoms with E-state index >= 15 is 0 Å². The molecule has 0 atom stereocenters. The van der Waals surface area contributed by atoms with E-state index in [4.69, 9.17) is 9.47 Å². The first-order chi connectivity index (χ1) is 13.6. The van der Waals surface area contributed by atoms with Gasteiger partial charge in [-0.3, -0.25) is 4.79 Å². The summed E-state index contributed by atoms with van der Waals surface area (Å²) in [6, 6.07) is 18.8. The van der Waals surface area contributed by atoms with Crippen LogP contribution in [-0.4, -0.2) is 18.9 Å². The number of ketones is 1. The zero-order valence-electron chi connectivity index (χ0n) is 15.1. The molecule has 3 aromatic rings. The molecule has 28 heavy (non-hydrogen) atoms. The number of carbonyl (C=O) groups excluding carboxylic acids is 2. The molecule has 0 spiro atoms. The molecule has 0 amide bonds. The Morgan fingerprint density at radius 3 is 2.11 bits per heavy atom. The molecular formula is C23H17FO4. The van der Waals surface area contributed by atoms with Gasteiger partial charge >= 0.3 is 5.97 Å². The molecule has 0 saturated carbocycles. The highest BCUT2D eigenvalue weighted by molar-refractivity contribution is 6.09. The molecule has 0 saturated heterocycles. The summed E-state index contributed by atoms with van der Waals surface area (Å²) in [5.74, 6) is -0.238. The molecular weight excluding hydrogens is 359 g/mol. The van der Waals surface area contributed by atoms with E-state index in [1.807, 2.05) is 18.2 Å². The largest absolute Gasteiger partial charge is 0.496 e. The standard InChI is InChI=1S/C23H17FO4/c1-27-21-5-3-2-4-16(21)10-15-22(25)28-20-13-8-18(9-14-20)23(26)17-6-11-19(24)12-7-17/h2-15H,1H3. The fraction of sp³-hybridized carbons (Fsp3) is 0.0435. The van der Waals surface area contributed by atoms with Crippen molar-refractivity contribution in [1.82, 2.24) is 0 Å². The van der Waals surface area contributed by atoms with Gasteiger partial charge in [0.15, 0.2) is 5.78 Å². The van der Waals surface area contributed by atoms with Gasteiger partial charge in [0, 0.05) is 22.8 Å². The molecule has 0 heterocycles. The topological polar surface area (TPSA) is 52.6 Å². The summed E-state index contributed by atoms with van der Waals surface area (Å²) in [5, 5.41) is 0. The van der Waals surface area contributed by atoms with Gasteiger partial charge in [-0.05, 0) is 60.7 Å². The monoisotopic (exact) mass is 376 g/mol. The maximum absolute atomic E-state index is 13.0. The minimum Gasteiger partial charge on any atom is -0.496 e. The molecule has 0 N–H and O–H groups in total. The normalized spacial score (nSPS) is 10.6. The maximum Gasteiger partial charge on any atom is 0.336 e. The lowest BCUT2D eigenvalue weighted by Gasteiger charge is -2.05. The van der Waals surface area contributed by atoms with Crippen LogP contribution in [0.2, 0.25) is 0 Å². The lowest BCUT2D eigenvalue weighted by atomic mass is 10.0. The fourth-order valence-electron chi connectivity index (χ4n) is 2.55. The molecule has 0 unspecified atom stereocenters. The van der Waals surface area contributed by atoms with Gasteiger partial charge in [0.25, 0.3) is 0 Å². The van der Waals surface area contributed by atoms with Gasteiger partial charge in [-0.15, -0.1) is 0 Å². The van der Waals surface area contributed by atoms with Crippen molar-refractivity contribution in [3.8, 4) is 11.5 Å². The van der Waals surface area contributed by atoms with Crippen LogP contribution in [0.1, 0.15) is 21.5 Å².